The van der Waals surface area contributed by atoms with Crippen molar-refractivity contribution in [2.75, 3.05) is 5.32 Å². The van der Waals surface area contributed by atoms with Crippen LogP contribution in [0.2, 0.25) is 5.02 Å². The Labute approximate surface area is 179 Å². The molecule has 0 spiro atoms. The number of halogens is 3. The highest BCUT2D eigenvalue weighted by molar-refractivity contribution is 7.21. The van der Waals surface area contributed by atoms with Gasteiger partial charge in [-0.2, -0.15) is 5.10 Å². The zero-order chi connectivity index (χ0) is 21.6. The number of nitrogens with two attached hydrogens (primary N) is 1. The first-order valence-corrected chi connectivity index (χ1v) is 10.5. The zero-order valence-electron chi connectivity index (χ0n) is 15.9. The SMILES string of the molecule is Cc1c(Cl)cnn1CCC(=O)Nc1c(C(N)=O)sc2nc(C(F)F)cc(C3CC3)c12. The largest absolute Gasteiger partial charge is 0.365 e. The van der Waals surface area contributed by atoms with E-state index in [2.05, 4.69) is 15.4 Å². The van der Waals surface area contributed by atoms with Crippen molar-refractivity contribution in [1.82, 2.24) is 14.8 Å². The van der Waals surface area contributed by atoms with Gasteiger partial charge in [0.15, 0.2) is 0 Å². The number of thiophene rings is 1. The minimum atomic E-state index is -2.73. The molecule has 0 atom stereocenters. The number of carbonyl (C=O) groups is 2. The van der Waals surface area contributed by atoms with E-state index in [4.69, 9.17) is 17.3 Å². The number of fused-ring (bicyclic) bond motifs is 1. The second-order valence-corrected chi connectivity index (χ2v) is 8.57. The van der Waals surface area contributed by atoms with Crippen LogP contribution in [0, 0.1) is 6.92 Å². The molecule has 0 bridgehead atoms. The number of nitrogens with one attached hydrogen (secondary N) is 1. The number of alkyl halides is 2. The van der Waals surface area contributed by atoms with Crippen LogP contribution in [-0.2, 0) is 11.3 Å². The molecule has 158 valence electrons. The fraction of sp³-hybridized carbons (Fsp3) is 0.368. The summed E-state index contributed by atoms with van der Waals surface area (Å²) in [5.74, 6) is -1.00. The van der Waals surface area contributed by atoms with E-state index in [1.807, 2.05) is 0 Å². The molecule has 3 N–H and O–H groups in total. The summed E-state index contributed by atoms with van der Waals surface area (Å²) in [5, 5.41) is 7.88. The fourth-order valence-corrected chi connectivity index (χ4v) is 4.49. The van der Waals surface area contributed by atoms with Crippen molar-refractivity contribution >= 4 is 50.7 Å². The summed E-state index contributed by atoms with van der Waals surface area (Å²) in [6, 6.07) is 1.37. The van der Waals surface area contributed by atoms with Crippen LogP contribution < -0.4 is 11.1 Å². The Morgan fingerprint density at radius 1 is 1.43 bits per heavy atom. The van der Waals surface area contributed by atoms with Gasteiger partial charge in [-0.1, -0.05) is 11.6 Å². The molecule has 30 heavy (non-hydrogen) atoms. The Morgan fingerprint density at radius 2 is 2.17 bits per heavy atom. The van der Waals surface area contributed by atoms with Gasteiger partial charge in [0.25, 0.3) is 12.3 Å². The second kappa shape index (κ2) is 7.92. The van der Waals surface area contributed by atoms with Crippen molar-refractivity contribution in [3.05, 3.63) is 39.1 Å². The molecule has 0 aromatic carbocycles. The third-order valence-corrected chi connectivity index (χ3v) is 6.50. The van der Waals surface area contributed by atoms with E-state index < -0.39 is 12.3 Å². The minimum Gasteiger partial charge on any atom is -0.365 e. The molecule has 0 radical (unpaired) electrons. The predicted molar refractivity (Wildman–Crippen MR) is 110 cm³/mol. The number of hydrogen-bond acceptors (Lipinski definition) is 5. The first-order chi connectivity index (χ1) is 14.3. The molecule has 3 aromatic rings. The molecule has 1 aliphatic carbocycles. The predicted octanol–water partition coefficient (Wildman–Crippen LogP) is 4.40. The summed E-state index contributed by atoms with van der Waals surface area (Å²) in [7, 11) is 0. The van der Waals surface area contributed by atoms with E-state index in [0.29, 0.717) is 22.5 Å². The average Bonchev–Trinajstić information content (AvgIpc) is 3.41. The fourth-order valence-electron chi connectivity index (χ4n) is 3.33. The molecule has 0 aliphatic heterocycles. The molecule has 7 nitrogen and oxygen atoms in total. The maximum atomic E-state index is 13.3. The third-order valence-electron chi connectivity index (χ3n) is 5.04. The highest BCUT2D eigenvalue weighted by Gasteiger charge is 2.31. The van der Waals surface area contributed by atoms with Gasteiger partial charge < -0.3 is 11.1 Å². The number of primary amides is 1. The molecular weight excluding hydrogens is 436 g/mol. The van der Waals surface area contributed by atoms with E-state index in [0.717, 1.165) is 29.9 Å². The Bertz CT molecular complexity index is 1160. The van der Waals surface area contributed by atoms with Gasteiger partial charge in [-0.25, -0.2) is 13.8 Å². The number of hydrogen-bond donors (Lipinski definition) is 2. The maximum Gasteiger partial charge on any atom is 0.280 e. The highest BCUT2D eigenvalue weighted by atomic mass is 35.5. The summed E-state index contributed by atoms with van der Waals surface area (Å²) >= 11 is 6.89. The quantitative estimate of drug-likeness (QED) is 0.553. The van der Waals surface area contributed by atoms with E-state index in [-0.39, 0.29) is 39.3 Å². The molecule has 4 rings (SSSR count). The van der Waals surface area contributed by atoms with Gasteiger partial charge in [-0.15, -0.1) is 11.3 Å². The lowest BCUT2D eigenvalue weighted by Crippen LogP contribution is -2.18. The van der Waals surface area contributed by atoms with Crippen molar-refractivity contribution in [2.45, 2.75) is 45.1 Å². The number of rotatable bonds is 7. The Morgan fingerprint density at radius 3 is 2.73 bits per heavy atom. The average molecular weight is 454 g/mol. The molecule has 1 fully saturated rings. The lowest BCUT2D eigenvalue weighted by Gasteiger charge is -2.10. The molecular formula is C19H18ClF2N5O2S. The normalized spacial score (nSPS) is 13.9. The molecule has 1 aliphatic rings. The van der Waals surface area contributed by atoms with Gasteiger partial charge in [-0.3, -0.25) is 14.3 Å². The van der Waals surface area contributed by atoms with Crippen LogP contribution in [0.1, 0.15) is 58.2 Å². The number of amides is 2. The Balaban J connectivity index is 1.68. The van der Waals surface area contributed by atoms with Gasteiger partial charge >= 0.3 is 0 Å². The lowest BCUT2D eigenvalue weighted by molar-refractivity contribution is -0.116. The molecule has 11 heteroatoms. The third kappa shape index (κ3) is 3.89. The van der Waals surface area contributed by atoms with Crippen LogP contribution in [-0.4, -0.2) is 26.6 Å². The maximum absolute atomic E-state index is 13.3. The van der Waals surface area contributed by atoms with Crippen molar-refractivity contribution in [2.24, 2.45) is 5.73 Å². The van der Waals surface area contributed by atoms with Crippen LogP contribution in [0.25, 0.3) is 10.2 Å². The molecule has 3 heterocycles. The van der Waals surface area contributed by atoms with E-state index in [9.17, 15) is 18.4 Å². The van der Waals surface area contributed by atoms with Crippen LogP contribution in [0.15, 0.2) is 12.3 Å². The van der Waals surface area contributed by atoms with Crippen molar-refractivity contribution in [3.8, 4) is 0 Å². The number of aryl methyl sites for hydroxylation is 1. The first kappa shape index (κ1) is 20.7. The number of aromatic nitrogens is 3. The molecule has 0 saturated heterocycles. The summed E-state index contributed by atoms with van der Waals surface area (Å²) in [5.41, 5.74) is 6.81. The molecule has 3 aromatic heterocycles. The standard InChI is InChI=1S/C19H18ClF2N5O2S/c1-8-11(20)7-24-27(8)5-4-13(28)26-15-14-10(9-2-3-9)6-12(17(21)22)25-19(14)30-16(15)18(23)29/h6-7,9,17H,2-5H2,1H3,(H2,23,29)(H,26,28). The number of pyridine rings is 1. The van der Waals surface area contributed by atoms with E-state index in [1.54, 1.807) is 11.6 Å². The summed E-state index contributed by atoms with van der Waals surface area (Å²) in [6.07, 6.45) is 0.566. The van der Waals surface area contributed by atoms with Crippen molar-refractivity contribution in [1.29, 1.82) is 0 Å². The molecule has 0 unspecified atom stereocenters. The molecule has 1 saturated carbocycles. The number of anilines is 1. The Hall–Kier alpha value is -2.59. The van der Waals surface area contributed by atoms with E-state index in [1.165, 1.54) is 12.3 Å². The Kier molecular flexibility index (Phi) is 5.46. The summed E-state index contributed by atoms with van der Waals surface area (Å²) in [6.45, 7) is 2.08. The zero-order valence-corrected chi connectivity index (χ0v) is 17.5. The number of carbonyl (C=O) groups excluding carboxylic acids is 2. The van der Waals surface area contributed by atoms with Crippen LogP contribution in [0.5, 0.6) is 0 Å². The van der Waals surface area contributed by atoms with Gasteiger partial charge in [0.1, 0.15) is 15.4 Å². The monoisotopic (exact) mass is 453 g/mol. The van der Waals surface area contributed by atoms with Crippen molar-refractivity contribution in [3.63, 3.8) is 0 Å². The minimum absolute atomic E-state index is 0.0791. The van der Waals surface area contributed by atoms with Gasteiger partial charge in [-0.05, 0) is 37.3 Å². The van der Waals surface area contributed by atoms with Gasteiger partial charge in [0, 0.05) is 11.8 Å². The first-order valence-electron chi connectivity index (χ1n) is 9.29. The lowest BCUT2D eigenvalue weighted by atomic mass is 10.0. The van der Waals surface area contributed by atoms with Crippen molar-refractivity contribution < 1.29 is 18.4 Å². The van der Waals surface area contributed by atoms with Gasteiger partial charge in [0.2, 0.25) is 5.91 Å². The molecule has 2 amide bonds. The van der Waals surface area contributed by atoms with E-state index >= 15 is 0 Å². The van der Waals surface area contributed by atoms with Crippen LogP contribution >= 0.6 is 22.9 Å². The highest BCUT2D eigenvalue weighted by Crippen LogP contribution is 2.48. The topological polar surface area (TPSA) is 103 Å². The van der Waals surface area contributed by atoms with Gasteiger partial charge in [0.05, 0.1) is 29.1 Å². The number of nitrogens with zero attached hydrogens (tertiary/aromatic N) is 3. The summed E-state index contributed by atoms with van der Waals surface area (Å²) in [4.78, 5) is 29.0. The smallest absolute Gasteiger partial charge is 0.280 e. The van der Waals surface area contributed by atoms with Crippen LogP contribution in [0.3, 0.4) is 0 Å². The van der Waals surface area contributed by atoms with Crippen LogP contribution in [0.4, 0.5) is 14.5 Å². The summed E-state index contributed by atoms with van der Waals surface area (Å²) < 4.78 is 28.2. The second-order valence-electron chi connectivity index (χ2n) is 7.16.